The second-order valence-corrected chi connectivity index (χ2v) is 11.7. The standard InChI is InChI=1S/C33H63NO7/c1-4-6-8-10-12-17-25-37-32(38-26-18-13-11-9-7-5-2)21-20-31(35)40-28-30(3)29-41-33(36)39-27-19-24-34-22-15-14-16-23-34/h30,32H,4-29H2,1-3H3. The van der Waals surface area contributed by atoms with Gasteiger partial charge in [-0.1, -0.05) is 91.4 Å². The van der Waals surface area contributed by atoms with E-state index in [4.69, 9.17) is 23.7 Å². The van der Waals surface area contributed by atoms with Gasteiger partial charge in [-0.3, -0.25) is 4.79 Å². The van der Waals surface area contributed by atoms with Crippen LogP contribution in [0.1, 0.15) is 136 Å². The molecule has 8 nitrogen and oxygen atoms in total. The quantitative estimate of drug-likeness (QED) is 0.0544. The summed E-state index contributed by atoms with van der Waals surface area (Å²) in [5.41, 5.74) is 0. The van der Waals surface area contributed by atoms with Crippen molar-refractivity contribution in [1.82, 2.24) is 4.90 Å². The molecule has 242 valence electrons. The second kappa shape index (κ2) is 27.5. The van der Waals surface area contributed by atoms with E-state index in [2.05, 4.69) is 18.7 Å². The van der Waals surface area contributed by atoms with Crippen LogP contribution >= 0.6 is 0 Å². The van der Waals surface area contributed by atoms with Crippen LogP contribution in [0.25, 0.3) is 0 Å². The van der Waals surface area contributed by atoms with E-state index < -0.39 is 6.16 Å². The van der Waals surface area contributed by atoms with Gasteiger partial charge < -0.3 is 28.6 Å². The maximum Gasteiger partial charge on any atom is 0.508 e. The van der Waals surface area contributed by atoms with Gasteiger partial charge in [0.15, 0.2) is 6.29 Å². The Morgan fingerprint density at radius 3 is 1.83 bits per heavy atom. The zero-order chi connectivity index (χ0) is 29.8. The van der Waals surface area contributed by atoms with Gasteiger partial charge in [0, 0.05) is 32.1 Å². The summed E-state index contributed by atoms with van der Waals surface area (Å²) in [6, 6.07) is 0. The average Bonchev–Trinajstić information content (AvgIpc) is 2.99. The van der Waals surface area contributed by atoms with Crippen molar-refractivity contribution in [2.24, 2.45) is 5.92 Å². The molecule has 0 radical (unpaired) electrons. The molecule has 0 spiro atoms. The number of hydrogen-bond acceptors (Lipinski definition) is 8. The number of likely N-dealkylation sites (tertiary alicyclic amines) is 1. The van der Waals surface area contributed by atoms with E-state index in [-0.39, 0.29) is 37.8 Å². The van der Waals surface area contributed by atoms with Crippen molar-refractivity contribution in [3.63, 3.8) is 0 Å². The first-order valence-electron chi connectivity index (χ1n) is 17.0. The fourth-order valence-corrected chi connectivity index (χ4v) is 4.88. The molecule has 1 aliphatic rings. The maximum atomic E-state index is 12.4. The van der Waals surface area contributed by atoms with Gasteiger partial charge in [0.25, 0.3) is 0 Å². The van der Waals surface area contributed by atoms with Gasteiger partial charge in [-0.25, -0.2) is 4.79 Å². The fourth-order valence-electron chi connectivity index (χ4n) is 4.88. The summed E-state index contributed by atoms with van der Waals surface area (Å²) in [6.45, 7) is 11.6. The Bertz CT molecular complexity index is 594. The number of hydrogen-bond donors (Lipinski definition) is 0. The molecule has 0 aromatic heterocycles. The summed E-state index contributed by atoms with van der Waals surface area (Å²) in [5, 5.41) is 0. The predicted octanol–water partition coefficient (Wildman–Crippen LogP) is 8.06. The van der Waals surface area contributed by atoms with E-state index in [1.165, 1.54) is 70.6 Å². The molecule has 0 aromatic carbocycles. The van der Waals surface area contributed by atoms with E-state index in [1.807, 2.05) is 6.92 Å². The Kier molecular flexibility index (Phi) is 25.2. The topological polar surface area (TPSA) is 83.5 Å². The lowest BCUT2D eigenvalue weighted by Crippen LogP contribution is -2.31. The number of ether oxygens (including phenoxy) is 5. The molecular formula is C33H63NO7. The van der Waals surface area contributed by atoms with Crippen molar-refractivity contribution in [3.05, 3.63) is 0 Å². The summed E-state index contributed by atoms with van der Waals surface area (Å²) >= 11 is 0. The monoisotopic (exact) mass is 585 g/mol. The zero-order valence-electron chi connectivity index (χ0n) is 26.8. The lowest BCUT2D eigenvalue weighted by Gasteiger charge is -2.26. The third kappa shape index (κ3) is 23.8. The van der Waals surface area contributed by atoms with Gasteiger partial charge in [-0.05, 0) is 45.2 Å². The molecule has 0 aromatic rings. The van der Waals surface area contributed by atoms with Gasteiger partial charge in [0.1, 0.15) is 6.61 Å². The van der Waals surface area contributed by atoms with Crippen molar-refractivity contribution < 1.29 is 33.3 Å². The summed E-state index contributed by atoms with van der Waals surface area (Å²) in [6.07, 6.45) is 18.8. The van der Waals surface area contributed by atoms with Crippen molar-refractivity contribution in [2.45, 2.75) is 143 Å². The fraction of sp³-hybridized carbons (Fsp3) is 0.939. The highest BCUT2D eigenvalue weighted by Gasteiger charge is 2.16. The third-order valence-corrected chi connectivity index (χ3v) is 7.49. The smallest absolute Gasteiger partial charge is 0.465 e. The first-order chi connectivity index (χ1) is 20.0. The molecule has 1 saturated heterocycles. The lowest BCUT2D eigenvalue weighted by molar-refractivity contribution is -0.160. The zero-order valence-corrected chi connectivity index (χ0v) is 26.8. The van der Waals surface area contributed by atoms with Crippen LogP contribution in [0.15, 0.2) is 0 Å². The SMILES string of the molecule is CCCCCCCCOC(CCC(=O)OCC(C)COC(=O)OCCCN1CCCCC1)OCCCCCCCC. The van der Waals surface area contributed by atoms with Crippen molar-refractivity contribution in [2.75, 3.05) is 52.7 Å². The maximum absolute atomic E-state index is 12.4. The average molecular weight is 586 g/mol. The summed E-state index contributed by atoms with van der Waals surface area (Å²) in [5.74, 6) is -0.392. The Labute approximate surface area is 251 Å². The number of nitrogens with zero attached hydrogens (tertiary/aromatic N) is 1. The van der Waals surface area contributed by atoms with E-state index in [1.54, 1.807) is 0 Å². The van der Waals surface area contributed by atoms with Crippen LogP contribution < -0.4 is 0 Å². The van der Waals surface area contributed by atoms with Gasteiger partial charge in [0.2, 0.25) is 0 Å². The molecular weight excluding hydrogens is 522 g/mol. The normalized spacial score (nSPS) is 14.7. The molecule has 1 unspecified atom stereocenters. The summed E-state index contributed by atoms with van der Waals surface area (Å²) in [4.78, 5) is 26.7. The summed E-state index contributed by atoms with van der Waals surface area (Å²) in [7, 11) is 0. The highest BCUT2D eigenvalue weighted by molar-refractivity contribution is 5.69. The number of rotatable bonds is 27. The summed E-state index contributed by atoms with van der Waals surface area (Å²) < 4.78 is 27.8. The van der Waals surface area contributed by atoms with E-state index in [0.717, 1.165) is 51.7 Å². The highest BCUT2D eigenvalue weighted by Crippen LogP contribution is 2.13. The van der Waals surface area contributed by atoms with Crippen LogP contribution in [0.2, 0.25) is 0 Å². The molecule has 0 N–H and O–H groups in total. The van der Waals surface area contributed by atoms with E-state index >= 15 is 0 Å². The van der Waals surface area contributed by atoms with Crippen molar-refractivity contribution in [3.8, 4) is 0 Å². The molecule has 1 rings (SSSR count). The minimum Gasteiger partial charge on any atom is -0.465 e. The molecule has 0 saturated carbocycles. The third-order valence-electron chi connectivity index (χ3n) is 7.49. The van der Waals surface area contributed by atoms with Crippen LogP contribution in [0.4, 0.5) is 4.79 Å². The van der Waals surface area contributed by atoms with Crippen LogP contribution in [0.3, 0.4) is 0 Å². The predicted molar refractivity (Wildman–Crippen MR) is 164 cm³/mol. The molecule has 1 atom stereocenters. The molecule has 0 aliphatic carbocycles. The van der Waals surface area contributed by atoms with Crippen LogP contribution in [0, 0.1) is 5.92 Å². The number of unbranched alkanes of at least 4 members (excludes halogenated alkanes) is 10. The Morgan fingerprint density at radius 2 is 1.22 bits per heavy atom. The molecule has 1 aliphatic heterocycles. The second-order valence-electron chi connectivity index (χ2n) is 11.7. The van der Waals surface area contributed by atoms with Gasteiger partial charge in [-0.2, -0.15) is 0 Å². The number of esters is 1. The largest absolute Gasteiger partial charge is 0.508 e. The lowest BCUT2D eigenvalue weighted by atomic mass is 10.1. The van der Waals surface area contributed by atoms with E-state index in [9.17, 15) is 9.59 Å². The van der Waals surface area contributed by atoms with Crippen LogP contribution in [-0.2, 0) is 28.5 Å². The molecule has 8 heteroatoms. The number of carbonyl (C=O) groups is 2. The van der Waals surface area contributed by atoms with E-state index in [0.29, 0.717) is 26.2 Å². The molecule has 0 bridgehead atoms. The first-order valence-corrected chi connectivity index (χ1v) is 17.0. The van der Waals surface area contributed by atoms with Gasteiger partial charge in [-0.15, -0.1) is 0 Å². The van der Waals surface area contributed by atoms with Crippen LogP contribution in [0.5, 0.6) is 0 Å². The van der Waals surface area contributed by atoms with Crippen molar-refractivity contribution >= 4 is 12.1 Å². The molecule has 41 heavy (non-hydrogen) atoms. The minimum absolute atomic E-state index is 0.108. The molecule has 0 amide bonds. The Hall–Kier alpha value is -1.38. The molecule has 1 fully saturated rings. The Morgan fingerprint density at radius 1 is 0.659 bits per heavy atom. The highest BCUT2D eigenvalue weighted by atomic mass is 16.7. The Balaban J connectivity index is 2.18. The number of carbonyl (C=O) groups excluding carboxylic acids is 2. The molecule has 1 heterocycles. The minimum atomic E-state index is -0.658. The number of piperidine rings is 1. The van der Waals surface area contributed by atoms with Crippen molar-refractivity contribution in [1.29, 1.82) is 0 Å². The van der Waals surface area contributed by atoms with Gasteiger partial charge >= 0.3 is 12.1 Å². The van der Waals surface area contributed by atoms with Gasteiger partial charge in [0.05, 0.1) is 19.6 Å². The van der Waals surface area contributed by atoms with Crippen LogP contribution in [-0.4, -0.2) is 76.0 Å². The first kappa shape index (κ1) is 37.6.